The summed E-state index contributed by atoms with van der Waals surface area (Å²) in [7, 11) is 0. The number of benzene rings is 2. The van der Waals surface area contributed by atoms with Gasteiger partial charge in [-0.1, -0.05) is 32.9 Å². The van der Waals surface area contributed by atoms with Crippen LogP contribution in [0.4, 0.5) is 4.39 Å². The van der Waals surface area contributed by atoms with Crippen molar-refractivity contribution in [1.29, 1.82) is 0 Å². The van der Waals surface area contributed by atoms with E-state index < -0.39 is 23.2 Å². The normalized spacial score (nSPS) is 19.9. The van der Waals surface area contributed by atoms with E-state index in [-0.39, 0.29) is 29.6 Å². The van der Waals surface area contributed by atoms with Crippen LogP contribution in [0.2, 0.25) is 0 Å². The number of hydrogen-bond donors (Lipinski definition) is 3. The van der Waals surface area contributed by atoms with Gasteiger partial charge in [0.2, 0.25) is 5.91 Å². The third-order valence-corrected chi connectivity index (χ3v) is 7.59. The number of halogens is 1. The van der Waals surface area contributed by atoms with E-state index in [0.29, 0.717) is 36.2 Å². The molecule has 3 amide bonds. The summed E-state index contributed by atoms with van der Waals surface area (Å²) in [6.45, 7) is 6.54. The maximum Gasteiger partial charge on any atom is 0.290 e. The number of aromatic nitrogens is 3. The zero-order valence-electron chi connectivity index (χ0n) is 21.4. The van der Waals surface area contributed by atoms with Gasteiger partial charge in [0.1, 0.15) is 17.6 Å². The number of likely N-dealkylation sites (tertiary alicyclic amines) is 2. The first kappa shape index (κ1) is 24.1. The first-order valence-electron chi connectivity index (χ1n) is 12.7. The summed E-state index contributed by atoms with van der Waals surface area (Å²) in [5.41, 5.74) is 1.76. The Balaban J connectivity index is 1.17. The lowest BCUT2D eigenvalue weighted by atomic mass is 9.85. The van der Waals surface area contributed by atoms with Gasteiger partial charge < -0.3 is 25.1 Å². The van der Waals surface area contributed by atoms with Crippen LogP contribution in [0.3, 0.4) is 0 Å². The number of amides is 3. The lowest BCUT2D eigenvalue weighted by molar-refractivity contribution is -0.138. The van der Waals surface area contributed by atoms with E-state index in [0.717, 1.165) is 11.0 Å². The quantitative estimate of drug-likeness (QED) is 0.386. The van der Waals surface area contributed by atoms with Gasteiger partial charge >= 0.3 is 0 Å². The Morgan fingerprint density at radius 1 is 1.00 bits per heavy atom. The molecule has 2 aliphatic heterocycles. The second-order valence-electron chi connectivity index (χ2n) is 11.3. The minimum absolute atomic E-state index is 0.107. The molecule has 0 radical (unpaired) electrons. The first-order valence-corrected chi connectivity index (χ1v) is 12.7. The lowest BCUT2D eigenvalue weighted by Crippen LogP contribution is -2.59. The fourth-order valence-electron chi connectivity index (χ4n) is 5.62. The van der Waals surface area contributed by atoms with E-state index in [1.165, 1.54) is 12.1 Å². The topological polar surface area (TPSA) is 114 Å². The third-order valence-electron chi connectivity index (χ3n) is 7.59. The Hall–Kier alpha value is -4.21. The van der Waals surface area contributed by atoms with Crippen molar-refractivity contribution >= 4 is 39.7 Å². The van der Waals surface area contributed by atoms with Gasteiger partial charge in [0, 0.05) is 24.0 Å². The molecule has 196 valence electrons. The summed E-state index contributed by atoms with van der Waals surface area (Å²) in [5, 5.41) is 3.62. The molecule has 2 aromatic heterocycles. The van der Waals surface area contributed by atoms with Crippen LogP contribution in [0.25, 0.3) is 21.9 Å². The van der Waals surface area contributed by atoms with Crippen LogP contribution in [0.15, 0.2) is 48.5 Å². The van der Waals surface area contributed by atoms with Crippen LogP contribution in [0.1, 0.15) is 48.3 Å². The smallest absolute Gasteiger partial charge is 0.290 e. The van der Waals surface area contributed by atoms with Gasteiger partial charge in [-0.05, 0) is 48.2 Å². The van der Waals surface area contributed by atoms with Crippen LogP contribution in [0, 0.1) is 11.2 Å². The summed E-state index contributed by atoms with van der Waals surface area (Å²) in [6, 6.07) is 12.4. The molecule has 4 aromatic rings. The maximum absolute atomic E-state index is 13.8. The van der Waals surface area contributed by atoms with Crippen LogP contribution >= 0.6 is 0 Å². The van der Waals surface area contributed by atoms with E-state index in [1.54, 1.807) is 21.9 Å². The van der Waals surface area contributed by atoms with E-state index in [2.05, 4.69) is 20.3 Å². The van der Waals surface area contributed by atoms with Gasteiger partial charge in [-0.3, -0.25) is 14.4 Å². The predicted octanol–water partition coefficient (Wildman–Crippen LogP) is 3.45. The highest BCUT2D eigenvalue weighted by Crippen LogP contribution is 2.34. The predicted molar refractivity (Wildman–Crippen MR) is 140 cm³/mol. The molecule has 2 fully saturated rings. The van der Waals surface area contributed by atoms with Crippen molar-refractivity contribution < 1.29 is 18.8 Å². The van der Waals surface area contributed by atoms with Crippen molar-refractivity contribution in [1.82, 2.24) is 30.1 Å². The van der Waals surface area contributed by atoms with Gasteiger partial charge in [0.15, 0.2) is 5.82 Å². The highest BCUT2D eigenvalue weighted by atomic mass is 19.1. The zero-order chi connectivity index (χ0) is 26.8. The van der Waals surface area contributed by atoms with Crippen molar-refractivity contribution in [3.63, 3.8) is 0 Å². The van der Waals surface area contributed by atoms with Gasteiger partial charge in [-0.2, -0.15) is 0 Å². The molecule has 2 aliphatic rings. The number of fused-ring (bicyclic) bond motifs is 4. The van der Waals surface area contributed by atoms with Crippen molar-refractivity contribution in [2.45, 2.75) is 45.3 Å². The second kappa shape index (κ2) is 8.68. The van der Waals surface area contributed by atoms with Crippen molar-refractivity contribution in [3.8, 4) is 0 Å². The highest BCUT2D eigenvalue weighted by Gasteiger charge is 2.50. The number of para-hydroxylation sites is 2. The number of nitrogens with zero attached hydrogens (tertiary/aromatic N) is 3. The van der Waals surface area contributed by atoms with Gasteiger partial charge in [-0.25, -0.2) is 9.37 Å². The Morgan fingerprint density at radius 2 is 1.74 bits per heavy atom. The van der Waals surface area contributed by atoms with Crippen LogP contribution < -0.4 is 5.32 Å². The number of rotatable bonds is 4. The average Bonchev–Trinajstić information content (AvgIpc) is 3.66. The number of carbonyl (C=O) groups is 3. The number of aromatic amines is 2. The molecule has 9 nitrogen and oxygen atoms in total. The average molecular weight is 517 g/mol. The minimum Gasteiger partial charge on any atom is -0.350 e. The van der Waals surface area contributed by atoms with Crippen LogP contribution in [-0.2, 0) is 4.79 Å². The van der Waals surface area contributed by atoms with Crippen LogP contribution in [0.5, 0.6) is 0 Å². The number of carbonyl (C=O) groups excluding carboxylic acids is 3. The molecule has 0 saturated carbocycles. The van der Waals surface area contributed by atoms with Crippen LogP contribution in [-0.4, -0.2) is 73.7 Å². The molecule has 2 aromatic carbocycles. The Morgan fingerprint density at radius 3 is 2.45 bits per heavy atom. The Labute approximate surface area is 218 Å². The minimum atomic E-state index is -0.781. The zero-order valence-corrected chi connectivity index (χ0v) is 21.4. The molecule has 38 heavy (non-hydrogen) atoms. The molecule has 10 heteroatoms. The number of imidazole rings is 1. The molecule has 0 unspecified atom stereocenters. The molecule has 6 rings (SSSR count). The molecular formula is C28H29FN6O3. The second-order valence-corrected chi connectivity index (χ2v) is 11.3. The third kappa shape index (κ3) is 4.09. The fraction of sp³-hybridized carbons (Fsp3) is 0.357. The SMILES string of the molecule is CC(C)(C)[C@H](NC(=O)c1cc2ccc(F)cc2[nH]1)C(=O)N1C[C@@H]2C[C@H]1CN2C(=O)c1nc2ccccc2[nH]1. The van der Waals surface area contributed by atoms with E-state index in [9.17, 15) is 18.8 Å². The largest absolute Gasteiger partial charge is 0.350 e. The molecule has 2 saturated heterocycles. The molecule has 2 bridgehead atoms. The molecular weight excluding hydrogens is 487 g/mol. The number of piperazine rings is 1. The number of H-pyrrole nitrogens is 2. The molecule has 0 aliphatic carbocycles. The summed E-state index contributed by atoms with van der Waals surface area (Å²) in [4.78, 5) is 54.2. The van der Waals surface area contributed by atoms with Gasteiger partial charge in [-0.15, -0.1) is 0 Å². The molecule has 4 heterocycles. The summed E-state index contributed by atoms with van der Waals surface area (Å²) in [6.07, 6.45) is 0.691. The standard InChI is InChI=1S/C28H29FN6O3/c1-28(2,3)23(33-25(36)22-10-15-8-9-16(29)11-21(15)30-22)26(37)34-13-18-12-17(34)14-35(18)27(38)24-31-19-6-4-5-7-20(19)32-24/h4-11,17-18,23,30H,12-14H2,1-3H3,(H,31,32)(H,33,36)/t17-,18-,23+/m0/s1. The van der Waals surface area contributed by atoms with Crippen molar-refractivity contribution in [3.05, 3.63) is 65.9 Å². The lowest BCUT2D eigenvalue weighted by Gasteiger charge is -2.39. The highest BCUT2D eigenvalue weighted by molar-refractivity contribution is 6.00. The molecule has 3 N–H and O–H groups in total. The number of hydrogen-bond acceptors (Lipinski definition) is 4. The monoisotopic (exact) mass is 516 g/mol. The van der Waals surface area contributed by atoms with Crippen molar-refractivity contribution in [2.24, 2.45) is 5.41 Å². The summed E-state index contributed by atoms with van der Waals surface area (Å²) >= 11 is 0. The maximum atomic E-state index is 13.8. The molecule has 3 atom stereocenters. The van der Waals surface area contributed by atoms with Gasteiger partial charge in [0.05, 0.1) is 23.1 Å². The van der Waals surface area contributed by atoms with E-state index >= 15 is 0 Å². The van der Waals surface area contributed by atoms with E-state index in [1.807, 2.05) is 45.0 Å². The summed E-state index contributed by atoms with van der Waals surface area (Å²) < 4.78 is 13.6. The number of nitrogens with one attached hydrogen (secondary N) is 3. The fourth-order valence-corrected chi connectivity index (χ4v) is 5.62. The van der Waals surface area contributed by atoms with E-state index in [4.69, 9.17) is 0 Å². The first-order chi connectivity index (χ1) is 18.1. The Kier molecular flexibility index (Phi) is 5.51. The van der Waals surface area contributed by atoms with Gasteiger partial charge in [0.25, 0.3) is 11.8 Å². The van der Waals surface area contributed by atoms with Crippen molar-refractivity contribution in [2.75, 3.05) is 13.1 Å². The Bertz CT molecular complexity index is 1550. The summed E-state index contributed by atoms with van der Waals surface area (Å²) in [5.74, 6) is -0.866. The molecule has 0 spiro atoms.